The molecule has 1 aromatic rings. The first kappa shape index (κ1) is 12.6. The highest BCUT2D eigenvalue weighted by Gasteiger charge is 2.29. The Morgan fingerprint density at radius 3 is 3.00 bits per heavy atom. The fourth-order valence-electron chi connectivity index (χ4n) is 2.80. The molecule has 2 heterocycles. The van der Waals surface area contributed by atoms with Crippen LogP contribution in [0.2, 0.25) is 0 Å². The Hall–Kier alpha value is -0.870. The van der Waals surface area contributed by atoms with Crippen molar-refractivity contribution in [3.05, 3.63) is 18.2 Å². The summed E-state index contributed by atoms with van der Waals surface area (Å²) in [4.78, 5) is 7.06. The minimum atomic E-state index is 0.674. The fraction of sp³-hybridized carbons (Fsp3) is 0.769. The minimum Gasteiger partial charge on any atom is -0.336 e. The van der Waals surface area contributed by atoms with Crippen molar-refractivity contribution in [2.24, 2.45) is 5.73 Å². The second-order valence-corrected chi connectivity index (χ2v) is 5.05. The first-order valence-corrected chi connectivity index (χ1v) is 6.71. The lowest BCUT2D eigenvalue weighted by atomic mass is 10.1. The van der Waals surface area contributed by atoms with E-state index in [4.69, 9.17) is 5.73 Å². The zero-order valence-corrected chi connectivity index (χ0v) is 11.0. The van der Waals surface area contributed by atoms with E-state index in [2.05, 4.69) is 34.5 Å². The monoisotopic (exact) mass is 236 g/mol. The third-order valence-electron chi connectivity index (χ3n) is 3.84. The van der Waals surface area contributed by atoms with Gasteiger partial charge in [-0.05, 0) is 26.2 Å². The third-order valence-corrected chi connectivity index (χ3v) is 3.84. The molecule has 1 aliphatic heterocycles. The average Bonchev–Trinajstić information content (AvgIpc) is 2.89. The van der Waals surface area contributed by atoms with Gasteiger partial charge in [-0.3, -0.25) is 4.90 Å². The van der Waals surface area contributed by atoms with Crippen LogP contribution in [0.25, 0.3) is 0 Å². The summed E-state index contributed by atoms with van der Waals surface area (Å²) in [5, 5.41) is 0. The summed E-state index contributed by atoms with van der Waals surface area (Å²) in [5.74, 6) is 0. The number of hydrogen-bond donors (Lipinski definition) is 1. The fourth-order valence-corrected chi connectivity index (χ4v) is 2.80. The van der Waals surface area contributed by atoms with Gasteiger partial charge in [-0.2, -0.15) is 0 Å². The Labute approximate surface area is 104 Å². The third kappa shape index (κ3) is 2.87. The van der Waals surface area contributed by atoms with E-state index in [0.717, 1.165) is 19.1 Å². The average molecular weight is 236 g/mol. The van der Waals surface area contributed by atoms with Crippen LogP contribution in [-0.4, -0.2) is 33.1 Å². The molecule has 96 valence electrons. The van der Waals surface area contributed by atoms with Gasteiger partial charge >= 0.3 is 0 Å². The second kappa shape index (κ2) is 5.65. The summed E-state index contributed by atoms with van der Waals surface area (Å²) < 4.78 is 2.08. The highest BCUT2D eigenvalue weighted by atomic mass is 15.2. The lowest BCUT2D eigenvalue weighted by molar-refractivity contribution is 0.187. The summed E-state index contributed by atoms with van der Waals surface area (Å²) in [6.07, 6.45) is 7.92. The van der Waals surface area contributed by atoms with Crippen molar-refractivity contribution in [2.75, 3.05) is 6.54 Å². The van der Waals surface area contributed by atoms with E-state index < -0.39 is 0 Å². The van der Waals surface area contributed by atoms with Crippen molar-refractivity contribution in [2.45, 2.75) is 58.3 Å². The van der Waals surface area contributed by atoms with Gasteiger partial charge in [-0.1, -0.05) is 6.92 Å². The summed E-state index contributed by atoms with van der Waals surface area (Å²) in [6, 6.07) is 1.43. The molecule has 1 aliphatic rings. The molecule has 17 heavy (non-hydrogen) atoms. The van der Waals surface area contributed by atoms with E-state index in [1.54, 1.807) is 0 Å². The lowest BCUT2D eigenvalue weighted by Gasteiger charge is -2.26. The normalized spacial score (nSPS) is 25.6. The Kier molecular flexibility index (Phi) is 4.18. The predicted octanol–water partition coefficient (Wildman–Crippen LogP) is 1.60. The molecule has 1 saturated heterocycles. The van der Waals surface area contributed by atoms with Gasteiger partial charge in [0.1, 0.15) is 0 Å². The molecule has 0 spiro atoms. The van der Waals surface area contributed by atoms with E-state index >= 15 is 0 Å². The number of imidazole rings is 1. The zero-order chi connectivity index (χ0) is 12.3. The molecular weight excluding hydrogens is 212 g/mol. The molecule has 0 aromatic carbocycles. The number of nitrogens with zero attached hydrogens (tertiary/aromatic N) is 3. The number of hydrogen-bond acceptors (Lipinski definition) is 3. The molecule has 1 aromatic heterocycles. The Balaban J connectivity index is 1.98. The van der Waals surface area contributed by atoms with Gasteiger partial charge in [-0.15, -0.1) is 0 Å². The standard InChI is InChI=1S/C13H24N4/c1-3-13-5-4-11(2)17(13)9-12-8-16(7-6-14)10-15-12/h8,10-11,13H,3-7,9,14H2,1-2H3. The summed E-state index contributed by atoms with van der Waals surface area (Å²) >= 11 is 0. The van der Waals surface area contributed by atoms with Gasteiger partial charge in [0.25, 0.3) is 0 Å². The molecule has 2 rings (SSSR count). The summed E-state index contributed by atoms with van der Waals surface area (Å²) in [7, 11) is 0. The first-order valence-electron chi connectivity index (χ1n) is 6.71. The van der Waals surface area contributed by atoms with Crippen LogP contribution < -0.4 is 5.73 Å². The molecule has 4 heteroatoms. The van der Waals surface area contributed by atoms with Gasteiger partial charge in [0.2, 0.25) is 0 Å². The number of rotatable bonds is 5. The van der Waals surface area contributed by atoms with Crippen LogP contribution >= 0.6 is 0 Å². The minimum absolute atomic E-state index is 0.674. The molecule has 0 aliphatic carbocycles. The zero-order valence-electron chi connectivity index (χ0n) is 11.0. The van der Waals surface area contributed by atoms with Crippen LogP contribution in [0.1, 0.15) is 38.8 Å². The molecule has 4 nitrogen and oxygen atoms in total. The van der Waals surface area contributed by atoms with E-state index in [9.17, 15) is 0 Å². The molecule has 0 amide bonds. The van der Waals surface area contributed by atoms with Gasteiger partial charge < -0.3 is 10.3 Å². The quantitative estimate of drug-likeness (QED) is 0.845. The molecule has 2 N–H and O–H groups in total. The van der Waals surface area contributed by atoms with Crippen molar-refractivity contribution in [1.82, 2.24) is 14.5 Å². The smallest absolute Gasteiger partial charge is 0.0950 e. The maximum Gasteiger partial charge on any atom is 0.0950 e. The van der Waals surface area contributed by atoms with Crippen LogP contribution in [0.15, 0.2) is 12.5 Å². The van der Waals surface area contributed by atoms with Crippen LogP contribution in [-0.2, 0) is 13.1 Å². The molecule has 0 saturated carbocycles. The van der Waals surface area contributed by atoms with Gasteiger partial charge in [0.05, 0.1) is 12.0 Å². The van der Waals surface area contributed by atoms with Crippen LogP contribution in [0.4, 0.5) is 0 Å². The highest BCUT2D eigenvalue weighted by Crippen LogP contribution is 2.27. The number of likely N-dealkylation sites (tertiary alicyclic amines) is 1. The van der Waals surface area contributed by atoms with Crippen LogP contribution in [0, 0.1) is 0 Å². The van der Waals surface area contributed by atoms with Crippen molar-refractivity contribution in [3.8, 4) is 0 Å². The molecule has 0 radical (unpaired) electrons. The van der Waals surface area contributed by atoms with Crippen molar-refractivity contribution in [3.63, 3.8) is 0 Å². The summed E-state index contributed by atoms with van der Waals surface area (Å²) in [6.45, 7) is 7.12. The van der Waals surface area contributed by atoms with Crippen LogP contribution in [0.5, 0.6) is 0 Å². The molecule has 2 unspecified atom stereocenters. The number of aromatic nitrogens is 2. The van der Waals surface area contributed by atoms with Crippen LogP contribution in [0.3, 0.4) is 0 Å². The van der Waals surface area contributed by atoms with E-state index in [1.165, 1.54) is 25.0 Å². The maximum absolute atomic E-state index is 5.54. The molecule has 1 fully saturated rings. The Morgan fingerprint density at radius 1 is 1.47 bits per heavy atom. The SMILES string of the molecule is CCC1CCC(C)N1Cc1cn(CCN)cn1. The molecule has 0 bridgehead atoms. The van der Waals surface area contributed by atoms with Gasteiger partial charge in [0, 0.05) is 37.9 Å². The van der Waals surface area contributed by atoms with E-state index in [1.807, 2.05) is 6.33 Å². The summed E-state index contributed by atoms with van der Waals surface area (Å²) in [5.41, 5.74) is 6.71. The van der Waals surface area contributed by atoms with E-state index in [-0.39, 0.29) is 0 Å². The van der Waals surface area contributed by atoms with Crippen molar-refractivity contribution < 1.29 is 0 Å². The van der Waals surface area contributed by atoms with E-state index in [0.29, 0.717) is 12.6 Å². The van der Waals surface area contributed by atoms with Gasteiger partial charge in [0.15, 0.2) is 0 Å². The molecular formula is C13H24N4. The lowest BCUT2D eigenvalue weighted by Crippen LogP contribution is -2.33. The molecule has 2 atom stereocenters. The largest absolute Gasteiger partial charge is 0.336 e. The highest BCUT2D eigenvalue weighted by molar-refractivity contribution is 4.99. The van der Waals surface area contributed by atoms with Crippen molar-refractivity contribution in [1.29, 1.82) is 0 Å². The predicted molar refractivity (Wildman–Crippen MR) is 69.6 cm³/mol. The maximum atomic E-state index is 5.54. The number of nitrogens with two attached hydrogens (primary N) is 1. The Morgan fingerprint density at radius 2 is 2.29 bits per heavy atom. The van der Waals surface area contributed by atoms with Crippen molar-refractivity contribution >= 4 is 0 Å². The second-order valence-electron chi connectivity index (χ2n) is 5.05. The Bertz CT molecular complexity index is 347. The topological polar surface area (TPSA) is 47.1 Å². The first-order chi connectivity index (χ1) is 8.24. The van der Waals surface area contributed by atoms with Gasteiger partial charge in [-0.25, -0.2) is 4.98 Å².